The van der Waals surface area contributed by atoms with E-state index in [9.17, 15) is 0 Å². The summed E-state index contributed by atoms with van der Waals surface area (Å²) in [6, 6.07) is -2.36. The number of rotatable bonds is 1. The van der Waals surface area contributed by atoms with Crippen LogP contribution in [0.1, 0.15) is 25.7 Å². The summed E-state index contributed by atoms with van der Waals surface area (Å²) in [7, 11) is 0. The summed E-state index contributed by atoms with van der Waals surface area (Å²) in [5.41, 5.74) is 0.478. The molecule has 0 aromatic carbocycles. The van der Waals surface area contributed by atoms with Crippen LogP contribution in [0.5, 0.6) is 0 Å². The van der Waals surface area contributed by atoms with Gasteiger partial charge < -0.3 is 0 Å². The van der Waals surface area contributed by atoms with Gasteiger partial charge in [-0.1, -0.05) is 12.8 Å². The van der Waals surface area contributed by atoms with Crippen molar-refractivity contribution in [2.24, 2.45) is 11.8 Å². The van der Waals surface area contributed by atoms with E-state index in [2.05, 4.69) is 0 Å². The van der Waals surface area contributed by atoms with Gasteiger partial charge in [0.2, 0.25) is 0 Å². The SMILES string of the molecule is Cl[Si](Cl)(Cl)[C@H]1C[C@@H]2CC[C@H]1C2. The zero-order valence-electron chi connectivity index (χ0n) is 6.19. The lowest BCUT2D eigenvalue weighted by molar-refractivity contribution is 0.477. The van der Waals surface area contributed by atoms with Gasteiger partial charge in [-0.15, -0.1) is 33.2 Å². The van der Waals surface area contributed by atoms with Gasteiger partial charge in [0.1, 0.15) is 0 Å². The van der Waals surface area contributed by atoms with Gasteiger partial charge >= 0.3 is 6.00 Å². The van der Waals surface area contributed by atoms with Crippen LogP contribution in [0.2, 0.25) is 5.54 Å². The Bertz CT molecular complexity index is 166. The zero-order chi connectivity index (χ0) is 8.06. The number of hydrogen-bond donors (Lipinski definition) is 0. The smallest absolute Gasteiger partial charge is 0.126 e. The van der Waals surface area contributed by atoms with Crippen molar-refractivity contribution >= 4 is 39.2 Å². The average molecular weight is 230 g/mol. The highest BCUT2D eigenvalue weighted by atomic mass is 35.8. The third-order valence-electron chi connectivity index (χ3n) is 3.16. The summed E-state index contributed by atoms with van der Waals surface area (Å²) in [5, 5.41) is 0. The molecule has 2 aliphatic rings. The van der Waals surface area contributed by atoms with E-state index in [-0.39, 0.29) is 0 Å². The molecule has 0 spiro atoms. The molecule has 0 N–H and O–H groups in total. The normalized spacial score (nSPS) is 43.4. The molecule has 0 aromatic rings. The maximum atomic E-state index is 6.00. The molecular weight excluding hydrogens is 219 g/mol. The molecule has 2 bridgehead atoms. The summed E-state index contributed by atoms with van der Waals surface area (Å²) in [6.45, 7) is 0. The Balaban J connectivity index is 2.08. The van der Waals surface area contributed by atoms with E-state index >= 15 is 0 Å². The molecule has 2 fully saturated rings. The largest absolute Gasteiger partial charge is 0.344 e. The highest BCUT2D eigenvalue weighted by Crippen LogP contribution is 2.58. The monoisotopic (exact) mass is 228 g/mol. The van der Waals surface area contributed by atoms with Crippen LogP contribution in [0.4, 0.5) is 0 Å². The van der Waals surface area contributed by atoms with Crippen LogP contribution in [-0.2, 0) is 0 Å². The second-order valence-corrected chi connectivity index (χ2v) is 12.8. The highest BCUT2D eigenvalue weighted by Gasteiger charge is 2.50. The van der Waals surface area contributed by atoms with E-state index in [0.29, 0.717) is 5.54 Å². The molecule has 0 nitrogen and oxygen atoms in total. The van der Waals surface area contributed by atoms with E-state index < -0.39 is 6.00 Å². The maximum Gasteiger partial charge on any atom is 0.344 e. The number of fused-ring (bicyclic) bond motifs is 2. The van der Waals surface area contributed by atoms with Gasteiger partial charge in [-0.25, -0.2) is 0 Å². The van der Waals surface area contributed by atoms with Gasteiger partial charge in [-0.05, 0) is 30.2 Å². The predicted octanol–water partition coefficient (Wildman–Crippen LogP) is 3.83. The molecule has 3 atom stereocenters. The zero-order valence-corrected chi connectivity index (χ0v) is 9.46. The van der Waals surface area contributed by atoms with Crippen molar-refractivity contribution in [2.45, 2.75) is 31.2 Å². The van der Waals surface area contributed by atoms with E-state index in [1.54, 1.807) is 0 Å². The first-order valence-electron chi connectivity index (χ1n) is 4.14. The third-order valence-corrected chi connectivity index (χ3v) is 7.23. The fourth-order valence-electron chi connectivity index (χ4n) is 2.65. The van der Waals surface area contributed by atoms with Crippen molar-refractivity contribution in [1.82, 2.24) is 0 Å². The molecule has 0 heterocycles. The van der Waals surface area contributed by atoms with Gasteiger partial charge in [-0.2, -0.15) is 0 Å². The van der Waals surface area contributed by atoms with Crippen LogP contribution in [0.15, 0.2) is 0 Å². The van der Waals surface area contributed by atoms with Crippen LogP contribution < -0.4 is 0 Å². The minimum absolute atomic E-state index is 0.478. The van der Waals surface area contributed by atoms with Crippen molar-refractivity contribution in [2.75, 3.05) is 0 Å². The van der Waals surface area contributed by atoms with E-state index in [0.717, 1.165) is 11.8 Å². The molecular formula is C7H11Cl3Si. The number of hydrogen-bond acceptors (Lipinski definition) is 0. The average Bonchev–Trinajstić information content (AvgIpc) is 2.42. The summed E-state index contributed by atoms with van der Waals surface area (Å²) in [6.07, 6.45) is 5.24. The quantitative estimate of drug-likeness (QED) is 0.474. The Labute approximate surface area is 82.3 Å². The summed E-state index contributed by atoms with van der Waals surface area (Å²) in [4.78, 5) is 0. The van der Waals surface area contributed by atoms with Crippen LogP contribution in [0.25, 0.3) is 0 Å². The highest BCUT2D eigenvalue weighted by molar-refractivity contribution is 7.65. The molecule has 11 heavy (non-hydrogen) atoms. The summed E-state index contributed by atoms with van der Waals surface area (Å²) < 4.78 is 0. The van der Waals surface area contributed by atoms with Crippen molar-refractivity contribution < 1.29 is 0 Å². The first kappa shape index (κ1) is 8.67. The van der Waals surface area contributed by atoms with Crippen LogP contribution in [-0.4, -0.2) is 6.00 Å². The fourth-order valence-corrected chi connectivity index (χ4v) is 6.49. The van der Waals surface area contributed by atoms with E-state index in [4.69, 9.17) is 33.2 Å². The molecule has 0 saturated heterocycles. The molecule has 0 unspecified atom stereocenters. The Morgan fingerprint density at radius 3 is 2.00 bits per heavy atom. The predicted molar refractivity (Wildman–Crippen MR) is 52.5 cm³/mol. The van der Waals surface area contributed by atoms with Crippen molar-refractivity contribution in [1.29, 1.82) is 0 Å². The van der Waals surface area contributed by atoms with Crippen LogP contribution in [0.3, 0.4) is 0 Å². The van der Waals surface area contributed by atoms with Crippen molar-refractivity contribution in [3.63, 3.8) is 0 Å². The van der Waals surface area contributed by atoms with Gasteiger partial charge in [0.15, 0.2) is 0 Å². The van der Waals surface area contributed by atoms with Gasteiger partial charge in [0.25, 0.3) is 0 Å². The van der Waals surface area contributed by atoms with Gasteiger partial charge in [0, 0.05) is 0 Å². The molecule has 0 radical (unpaired) electrons. The Hall–Kier alpha value is 1.09. The first-order valence-corrected chi connectivity index (χ1v) is 9.25. The minimum atomic E-state index is -2.36. The molecule has 0 aliphatic heterocycles. The van der Waals surface area contributed by atoms with Crippen molar-refractivity contribution in [3.05, 3.63) is 0 Å². The lowest BCUT2D eigenvalue weighted by atomic mass is 10.0. The van der Waals surface area contributed by atoms with Crippen molar-refractivity contribution in [3.8, 4) is 0 Å². The molecule has 2 rings (SSSR count). The lowest BCUT2D eigenvalue weighted by Gasteiger charge is -2.25. The molecule has 0 aromatic heterocycles. The summed E-state index contributed by atoms with van der Waals surface area (Å²) >= 11 is 18.0. The Morgan fingerprint density at radius 2 is 1.73 bits per heavy atom. The standard InChI is InChI=1S/C7H11Cl3Si/c8-11(9,10)7-4-5-1-2-6(7)3-5/h5-7H,1-4H2/t5-,6+,7+/m1/s1. The number of halogens is 3. The molecule has 0 amide bonds. The van der Waals surface area contributed by atoms with E-state index in [1.807, 2.05) is 0 Å². The molecule has 64 valence electrons. The summed E-state index contributed by atoms with van der Waals surface area (Å²) in [5.74, 6) is 1.66. The molecule has 2 aliphatic carbocycles. The second-order valence-electron chi connectivity index (χ2n) is 3.82. The maximum absolute atomic E-state index is 6.00. The first-order chi connectivity index (χ1) is 5.07. The molecule has 4 heteroatoms. The van der Waals surface area contributed by atoms with Crippen LogP contribution in [0, 0.1) is 11.8 Å². The minimum Gasteiger partial charge on any atom is -0.126 e. The van der Waals surface area contributed by atoms with E-state index in [1.165, 1.54) is 25.7 Å². The topological polar surface area (TPSA) is 0 Å². The second kappa shape index (κ2) is 2.80. The fraction of sp³-hybridized carbons (Fsp3) is 1.00. The van der Waals surface area contributed by atoms with Gasteiger partial charge in [0.05, 0.1) is 0 Å². The van der Waals surface area contributed by atoms with Crippen LogP contribution >= 0.6 is 33.2 Å². The third kappa shape index (κ3) is 1.58. The van der Waals surface area contributed by atoms with Gasteiger partial charge in [-0.3, -0.25) is 0 Å². The Morgan fingerprint density at radius 1 is 1.00 bits per heavy atom. The molecule has 2 saturated carbocycles. The Kier molecular flexibility index (Phi) is 2.20. The lowest BCUT2D eigenvalue weighted by Crippen LogP contribution is -2.24.